The van der Waals surface area contributed by atoms with Gasteiger partial charge in [-0.3, -0.25) is 9.89 Å². The second-order valence-electron chi connectivity index (χ2n) is 4.63. The monoisotopic (exact) mass is 288 g/mol. The molecule has 0 radical (unpaired) electrons. The number of hydrogen-bond acceptors (Lipinski definition) is 4. The van der Waals surface area contributed by atoms with E-state index < -0.39 is 10.0 Å². The van der Waals surface area contributed by atoms with Gasteiger partial charge in [0.15, 0.2) is 0 Å². The lowest BCUT2D eigenvalue weighted by molar-refractivity contribution is -0.121. The number of rotatable bonds is 6. The zero-order chi connectivity index (χ0) is 14.6. The Morgan fingerprint density at radius 3 is 2.47 bits per heavy atom. The second kappa shape index (κ2) is 6.16. The Morgan fingerprint density at radius 2 is 2.00 bits per heavy atom. The Bertz CT molecular complexity index is 529. The van der Waals surface area contributed by atoms with E-state index in [9.17, 15) is 13.2 Å². The van der Waals surface area contributed by atoms with Gasteiger partial charge in [0.2, 0.25) is 15.9 Å². The lowest BCUT2D eigenvalue weighted by Gasteiger charge is -2.09. The van der Waals surface area contributed by atoms with Crippen molar-refractivity contribution in [1.82, 2.24) is 20.2 Å². The van der Waals surface area contributed by atoms with Crippen molar-refractivity contribution in [1.29, 1.82) is 0 Å². The van der Waals surface area contributed by atoms with Gasteiger partial charge in [0.25, 0.3) is 0 Å². The van der Waals surface area contributed by atoms with Crippen LogP contribution in [0.15, 0.2) is 4.90 Å². The van der Waals surface area contributed by atoms with E-state index in [0.717, 1.165) is 0 Å². The normalized spacial score (nSPS) is 11.8. The third-order valence-electron chi connectivity index (χ3n) is 2.42. The molecule has 1 aromatic heterocycles. The molecular weight excluding hydrogens is 268 g/mol. The highest BCUT2D eigenvalue weighted by molar-refractivity contribution is 7.89. The van der Waals surface area contributed by atoms with Crippen molar-refractivity contribution in [2.75, 3.05) is 6.54 Å². The van der Waals surface area contributed by atoms with E-state index in [-0.39, 0.29) is 29.8 Å². The van der Waals surface area contributed by atoms with Gasteiger partial charge >= 0.3 is 0 Å². The van der Waals surface area contributed by atoms with E-state index in [1.54, 1.807) is 13.8 Å². The van der Waals surface area contributed by atoms with Gasteiger partial charge in [-0.1, -0.05) is 0 Å². The van der Waals surface area contributed by atoms with E-state index in [0.29, 0.717) is 11.4 Å². The van der Waals surface area contributed by atoms with Crippen molar-refractivity contribution in [2.45, 2.75) is 45.1 Å². The van der Waals surface area contributed by atoms with Crippen LogP contribution >= 0.6 is 0 Å². The minimum absolute atomic E-state index is 0.0440. The molecule has 0 saturated carbocycles. The van der Waals surface area contributed by atoms with Crippen molar-refractivity contribution in [2.24, 2.45) is 0 Å². The summed E-state index contributed by atoms with van der Waals surface area (Å²) in [5.74, 6) is -0.182. The number of H-pyrrole nitrogens is 1. The number of aryl methyl sites for hydroxylation is 2. The summed E-state index contributed by atoms with van der Waals surface area (Å²) < 4.78 is 26.5. The Kier molecular flexibility index (Phi) is 5.07. The van der Waals surface area contributed by atoms with Gasteiger partial charge in [0, 0.05) is 19.0 Å². The fourth-order valence-corrected chi connectivity index (χ4v) is 3.10. The van der Waals surface area contributed by atoms with Crippen molar-refractivity contribution in [3.05, 3.63) is 11.4 Å². The summed E-state index contributed by atoms with van der Waals surface area (Å²) in [5, 5.41) is 9.16. The number of sulfonamides is 1. The van der Waals surface area contributed by atoms with Gasteiger partial charge in [0.1, 0.15) is 4.90 Å². The van der Waals surface area contributed by atoms with E-state index in [2.05, 4.69) is 20.2 Å². The Hall–Kier alpha value is -1.41. The standard InChI is InChI=1S/C11H20N4O3S/c1-7(2)13-10(16)5-6-12-19(17,18)11-8(3)14-15-9(11)4/h7,12H,5-6H2,1-4H3,(H,13,16)(H,14,15). The first-order chi connectivity index (χ1) is 8.74. The molecule has 0 unspecified atom stereocenters. The first kappa shape index (κ1) is 15.6. The predicted octanol–water partition coefficient (Wildman–Crippen LogP) is 0.220. The van der Waals surface area contributed by atoms with Gasteiger partial charge in [-0.25, -0.2) is 13.1 Å². The van der Waals surface area contributed by atoms with Crippen LogP contribution in [0.5, 0.6) is 0 Å². The molecule has 7 nitrogen and oxygen atoms in total. The molecule has 3 N–H and O–H groups in total. The quantitative estimate of drug-likeness (QED) is 0.696. The predicted molar refractivity (Wildman–Crippen MR) is 71.1 cm³/mol. The lowest BCUT2D eigenvalue weighted by atomic mass is 10.3. The fourth-order valence-electron chi connectivity index (χ4n) is 1.70. The molecule has 0 saturated heterocycles. The molecule has 1 amide bonds. The maximum absolute atomic E-state index is 12.0. The van der Waals surface area contributed by atoms with E-state index in [4.69, 9.17) is 0 Å². The van der Waals surface area contributed by atoms with Crippen LogP contribution in [0.25, 0.3) is 0 Å². The molecule has 1 heterocycles. The third kappa shape index (κ3) is 4.32. The number of aromatic amines is 1. The molecule has 8 heteroatoms. The summed E-state index contributed by atoms with van der Waals surface area (Å²) in [6.45, 7) is 7.01. The van der Waals surface area contributed by atoms with Gasteiger partial charge in [0.05, 0.1) is 11.4 Å². The van der Waals surface area contributed by atoms with Crippen molar-refractivity contribution < 1.29 is 13.2 Å². The number of carbonyl (C=O) groups excluding carboxylic acids is 1. The Balaban J connectivity index is 2.60. The zero-order valence-corrected chi connectivity index (χ0v) is 12.4. The smallest absolute Gasteiger partial charge is 0.244 e. The maximum atomic E-state index is 12.0. The van der Waals surface area contributed by atoms with Gasteiger partial charge in [-0.05, 0) is 27.7 Å². The van der Waals surface area contributed by atoms with E-state index >= 15 is 0 Å². The molecule has 0 aliphatic carbocycles. The molecule has 0 fully saturated rings. The highest BCUT2D eigenvalue weighted by Gasteiger charge is 2.21. The van der Waals surface area contributed by atoms with E-state index in [1.807, 2.05) is 13.8 Å². The molecule has 108 valence electrons. The third-order valence-corrected chi connectivity index (χ3v) is 4.15. The Morgan fingerprint density at radius 1 is 1.37 bits per heavy atom. The number of carbonyl (C=O) groups is 1. The molecule has 0 aliphatic heterocycles. The summed E-state index contributed by atoms with van der Waals surface area (Å²) in [4.78, 5) is 11.5. The molecule has 1 aromatic rings. The number of aromatic nitrogens is 2. The van der Waals surface area contributed by atoms with Crippen LogP contribution < -0.4 is 10.0 Å². The number of amides is 1. The van der Waals surface area contributed by atoms with Crippen LogP contribution in [-0.2, 0) is 14.8 Å². The van der Waals surface area contributed by atoms with Gasteiger partial charge in [-0.15, -0.1) is 0 Å². The van der Waals surface area contributed by atoms with Gasteiger partial charge < -0.3 is 5.32 Å². The van der Waals surface area contributed by atoms with Crippen molar-refractivity contribution >= 4 is 15.9 Å². The summed E-state index contributed by atoms with van der Waals surface area (Å²) in [6.07, 6.45) is 0.105. The summed E-state index contributed by atoms with van der Waals surface area (Å²) >= 11 is 0. The second-order valence-corrected chi connectivity index (χ2v) is 6.34. The molecule has 0 bridgehead atoms. The van der Waals surface area contributed by atoms with Gasteiger partial charge in [-0.2, -0.15) is 5.10 Å². The van der Waals surface area contributed by atoms with Crippen LogP contribution in [0.2, 0.25) is 0 Å². The zero-order valence-electron chi connectivity index (χ0n) is 11.6. The first-order valence-electron chi connectivity index (χ1n) is 6.04. The number of hydrogen-bond donors (Lipinski definition) is 3. The average molecular weight is 288 g/mol. The molecule has 1 rings (SSSR count). The van der Waals surface area contributed by atoms with Crippen LogP contribution in [0.4, 0.5) is 0 Å². The van der Waals surface area contributed by atoms with Crippen LogP contribution in [0.1, 0.15) is 31.7 Å². The Labute approximate surface area is 113 Å². The topological polar surface area (TPSA) is 104 Å². The molecular formula is C11H20N4O3S. The van der Waals surface area contributed by atoms with Crippen LogP contribution in [-0.4, -0.2) is 37.1 Å². The van der Waals surface area contributed by atoms with Crippen molar-refractivity contribution in [3.63, 3.8) is 0 Å². The van der Waals surface area contributed by atoms with Crippen molar-refractivity contribution in [3.8, 4) is 0 Å². The lowest BCUT2D eigenvalue weighted by Crippen LogP contribution is -2.34. The highest BCUT2D eigenvalue weighted by Crippen LogP contribution is 2.15. The van der Waals surface area contributed by atoms with Crippen LogP contribution in [0.3, 0.4) is 0 Å². The first-order valence-corrected chi connectivity index (χ1v) is 7.53. The molecule has 0 atom stereocenters. The molecule has 0 aromatic carbocycles. The van der Waals surface area contributed by atoms with E-state index in [1.165, 1.54) is 0 Å². The molecule has 0 aliphatic rings. The minimum atomic E-state index is -3.63. The highest BCUT2D eigenvalue weighted by atomic mass is 32.2. The molecule has 19 heavy (non-hydrogen) atoms. The number of nitrogens with one attached hydrogen (secondary N) is 3. The SMILES string of the molecule is Cc1n[nH]c(C)c1S(=O)(=O)NCCC(=O)NC(C)C. The molecule has 0 spiro atoms. The summed E-state index contributed by atoms with van der Waals surface area (Å²) in [6, 6.07) is 0.0440. The number of nitrogens with zero attached hydrogens (tertiary/aromatic N) is 1. The fraction of sp³-hybridized carbons (Fsp3) is 0.636. The average Bonchev–Trinajstić information content (AvgIpc) is 2.57. The minimum Gasteiger partial charge on any atom is -0.354 e. The maximum Gasteiger partial charge on any atom is 0.244 e. The van der Waals surface area contributed by atoms with Crippen LogP contribution in [0, 0.1) is 13.8 Å². The summed E-state index contributed by atoms with van der Waals surface area (Å²) in [7, 11) is -3.63. The summed E-state index contributed by atoms with van der Waals surface area (Å²) in [5.41, 5.74) is 0.897. The largest absolute Gasteiger partial charge is 0.354 e.